The molecular formula is C19H20FN3O4. The normalized spacial score (nSPS) is 10.5. The number of rotatable bonds is 8. The first-order valence-corrected chi connectivity index (χ1v) is 8.11. The Labute approximate surface area is 156 Å². The molecule has 142 valence electrons. The maximum atomic E-state index is 12.8. The highest BCUT2D eigenvalue weighted by atomic mass is 19.1. The molecule has 27 heavy (non-hydrogen) atoms. The van der Waals surface area contributed by atoms with Gasteiger partial charge in [0, 0.05) is 30.2 Å². The lowest BCUT2D eigenvalue weighted by atomic mass is 10.2. The van der Waals surface area contributed by atoms with Crippen LogP contribution in [0.25, 0.3) is 0 Å². The van der Waals surface area contributed by atoms with Gasteiger partial charge < -0.3 is 14.8 Å². The number of carbonyl (C=O) groups excluding carboxylic acids is 2. The predicted molar refractivity (Wildman–Crippen MR) is 99.5 cm³/mol. The van der Waals surface area contributed by atoms with Gasteiger partial charge in [-0.05, 0) is 36.4 Å². The molecular weight excluding hydrogens is 353 g/mol. The number of methoxy groups -OCH3 is 2. The van der Waals surface area contributed by atoms with Crippen LogP contribution in [-0.2, 0) is 9.59 Å². The lowest BCUT2D eigenvalue weighted by molar-refractivity contribution is -0.124. The Morgan fingerprint density at radius 1 is 1.04 bits per heavy atom. The van der Waals surface area contributed by atoms with Crippen LogP contribution in [-0.4, -0.2) is 32.2 Å². The van der Waals surface area contributed by atoms with Crippen LogP contribution in [0.2, 0.25) is 0 Å². The van der Waals surface area contributed by atoms with Crippen molar-refractivity contribution in [1.82, 2.24) is 5.43 Å². The van der Waals surface area contributed by atoms with Crippen LogP contribution in [0.4, 0.5) is 10.1 Å². The van der Waals surface area contributed by atoms with Gasteiger partial charge in [-0.25, -0.2) is 9.82 Å². The van der Waals surface area contributed by atoms with Crippen LogP contribution in [0.5, 0.6) is 11.5 Å². The molecule has 0 unspecified atom stereocenters. The van der Waals surface area contributed by atoms with Gasteiger partial charge in [-0.2, -0.15) is 5.10 Å². The molecule has 0 atom stereocenters. The molecule has 0 aliphatic carbocycles. The summed E-state index contributed by atoms with van der Waals surface area (Å²) in [4.78, 5) is 23.6. The lowest BCUT2D eigenvalue weighted by Gasteiger charge is -2.07. The molecule has 0 aromatic heterocycles. The Balaban J connectivity index is 1.79. The third-order valence-electron chi connectivity index (χ3n) is 3.54. The SMILES string of the molecule is COc1ccc(C=NNC(=O)CCC(=O)Nc2ccc(F)cc2)c(OC)c1. The number of carbonyl (C=O) groups is 2. The molecule has 0 saturated heterocycles. The number of hydrogen-bond acceptors (Lipinski definition) is 5. The second-order valence-corrected chi connectivity index (χ2v) is 5.46. The zero-order valence-corrected chi connectivity index (χ0v) is 15.0. The first-order chi connectivity index (χ1) is 13.0. The fourth-order valence-corrected chi connectivity index (χ4v) is 2.14. The maximum Gasteiger partial charge on any atom is 0.240 e. The number of benzene rings is 2. The molecule has 8 heteroatoms. The second-order valence-electron chi connectivity index (χ2n) is 5.46. The smallest absolute Gasteiger partial charge is 0.240 e. The number of ether oxygens (including phenoxy) is 2. The van der Waals surface area contributed by atoms with E-state index in [1.54, 1.807) is 25.3 Å². The molecule has 0 heterocycles. The van der Waals surface area contributed by atoms with Gasteiger partial charge in [0.1, 0.15) is 17.3 Å². The summed E-state index contributed by atoms with van der Waals surface area (Å²) in [5.74, 6) is 0.0375. The quantitative estimate of drug-likeness (QED) is 0.550. The lowest BCUT2D eigenvalue weighted by Crippen LogP contribution is -2.20. The fraction of sp³-hybridized carbons (Fsp3) is 0.211. The number of hydrazone groups is 1. The number of anilines is 1. The summed E-state index contributed by atoms with van der Waals surface area (Å²) in [6.45, 7) is 0. The molecule has 0 bridgehead atoms. The Morgan fingerprint density at radius 2 is 1.74 bits per heavy atom. The van der Waals surface area contributed by atoms with Crippen LogP contribution in [0.1, 0.15) is 18.4 Å². The number of nitrogens with zero attached hydrogens (tertiary/aromatic N) is 1. The van der Waals surface area contributed by atoms with Gasteiger partial charge in [0.05, 0.1) is 20.4 Å². The van der Waals surface area contributed by atoms with Gasteiger partial charge in [-0.3, -0.25) is 9.59 Å². The van der Waals surface area contributed by atoms with Gasteiger partial charge in [0.15, 0.2) is 0 Å². The van der Waals surface area contributed by atoms with E-state index >= 15 is 0 Å². The van der Waals surface area contributed by atoms with Crippen molar-refractivity contribution in [3.63, 3.8) is 0 Å². The van der Waals surface area contributed by atoms with E-state index in [-0.39, 0.29) is 18.7 Å². The molecule has 2 aromatic carbocycles. The Hall–Kier alpha value is -3.42. The third kappa shape index (κ3) is 6.43. The number of nitrogens with one attached hydrogen (secondary N) is 2. The van der Waals surface area contributed by atoms with Crippen molar-refractivity contribution in [3.8, 4) is 11.5 Å². The number of hydrogen-bond donors (Lipinski definition) is 2. The molecule has 0 radical (unpaired) electrons. The van der Waals surface area contributed by atoms with Crippen molar-refractivity contribution in [2.75, 3.05) is 19.5 Å². The maximum absolute atomic E-state index is 12.8. The molecule has 7 nitrogen and oxygen atoms in total. The Kier molecular flexibility index (Phi) is 7.30. The molecule has 0 fully saturated rings. The van der Waals surface area contributed by atoms with E-state index in [4.69, 9.17) is 9.47 Å². The minimum atomic E-state index is -0.409. The van der Waals surface area contributed by atoms with E-state index in [1.807, 2.05) is 0 Å². The van der Waals surface area contributed by atoms with Crippen molar-refractivity contribution in [2.45, 2.75) is 12.8 Å². The van der Waals surface area contributed by atoms with Crippen molar-refractivity contribution >= 4 is 23.7 Å². The number of amides is 2. The fourth-order valence-electron chi connectivity index (χ4n) is 2.14. The van der Waals surface area contributed by atoms with E-state index in [0.29, 0.717) is 22.7 Å². The van der Waals surface area contributed by atoms with E-state index in [1.165, 1.54) is 37.6 Å². The van der Waals surface area contributed by atoms with Gasteiger partial charge >= 0.3 is 0 Å². The average Bonchev–Trinajstić information content (AvgIpc) is 2.68. The summed E-state index contributed by atoms with van der Waals surface area (Å²) in [5, 5.41) is 6.44. The van der Waals surface area contributed by atoms with Crippen LogP contribution in [0.3, 0.4) is 0 Å². The zero-order chi connectivity index (χ0) is 19.6. The summed E-state index contributed by atoms with van der Waals surface area (Å²) in [6.07, 6.45) is 1.38. The largest absolute Gasteiger partial charge is 0.497 e. The van der Waals surface area contributed by atoms with Crippen LogP contribution < -0.4 is 20.2 Å². The molecule has 2 rings (SSSR count). The minimum Gasteiger partial charge on any atom is -0.497 e. The summed E-state index contributed by atoms with van der Waals surface area (Å²) in [6, 6.07) is 10.5. The second kappa shape index (κ2) is 9.91. The highest BCUT2D eigenvalue weighted by Gasteiger charge is 2.07. The minimum absolute atomic E-state index is 0.0232. The summed E-state index contributed by atoms with van der Waals surface area (Å²) in [7, 11) is 3.07. The van der Waals surface area contributed by atoms with E-state index in [9.17, 15) is 14.0 Å². The Morgan fingerprint density at radius 3 is 2.41 bits per heavy atom. The first kappa shape index (κ1) is 19.9. The standard InChI is InChI=1S/C19H20FN3O4/c1-26-16-8-3-13(17(11-16)27-2)12-21-23-19(25)10-9-18(24)22-15-6-4-14(20)5-7-15/h3-8,11-12H,9-10H2,1-2H3,(H,22,24)(H,23,25). The number of halogens is 1. The van der Waals surface area contributed by atoms with Crippen LogP contribution >= 0.6 is 0 Å². The third-order valence-corrected chi connectivity index (χ3v) is 3.54. The molecule has 2 aromatic rings. The molecule has 0 aliphatic rings. The van der Waals surface area contributed by atoms with Crippen molar-refractivity contribution < 1.29 is 23.5 Å². The molecule has 2 N–H and O–H groups in total. The molecule has 0 saturated carbocycles. The van der Waals surface area contributed by atoms with Crippen molar-refractivity contribution in [3.05, 3.63) is 53.8 Å². The first-order valence-electron chi connectivity index (χ1n) is 8.11. The highest BCUT2D eigenvalue weighted by molar-refractivity contribution is 5.93. The van der Waals surface area contributed by atoms with Gasteiger partial charge in [-0.15, -0.1) is 0 Å². The summed E-state index contributed by atoms with van der Waals surface area (Å²) in [5.41, 5.74) is 3.48. The predicted octanol–water partition coefficient (Wildman–Crippen LogP) is 2.71. The van der Waals surface area contributed by atoms with E-state index in [0.717, 1.165) is 0 Å². The van der Waals surface area contributed by atoms with Crippen LogP contribution in [0.15, 0.2) is 47.6 Å². The van der Waals surface area contributed by atoms with E-state index < -0.39 is 11.7 Å². The summed E-state index contributed by atoms with van der Waals surface area (Å²) >= 11 is 0. The van der Waals surface area contributed by atoms with Crippen molar-refractivity contribution in [1.29, 1.82) is 0 Å². The van der Waals surface area contributed by atoms with Gasteiger partial charge in [-0.1, -0.05) is 0 Å². The summed E-state index contributed by atoms with van der Waals surface area (Å²) < 4.78 is 23.1. The Bertz CT molecular complexity index is 822. The molecule has 0 spiro atoms. The average molecular weight is 373 g/mol. The zero-order valence-electron chi connectivity index (χ0n) is 15.0. The molecule has 0 aliphatic heterocycles. The van der Waals surface area contributed by atoms with Gasteiger partial charge in [0.25, 0.3) is 0 Å². The van der Waals surface area contributed by atoms with Crippen LogP contribution in [0, 0.1) is 5.82 Å². The van der Waals surface area contributed by atoms with Crippen molar-refractivity contribution in [2.24, 2.45) is 5.10 Å². The topological polar surface area (TPSA) is 89.0 Å². The molecule has 2 amide bonds. The van der Waals surface area contributed by atoms with E-state index in [2.05, 4.69) is 15.8 Å². The monoisotopic (exact) mass is 373 g/mol. The van der Waals surface area contributed by atoms with Gasteiger partial charge in [0.2, 0.25) is 11.8 Å². The highest BCUT2D eigenvalue weighted by Crippen LogP contribution is 2.22.